The van der Waals surface area contributed by atoms with Crippen LogP contribution in [0.1, 0.15) is 40.0 Å². The lowest BCUT2D eigenvalue weighted by molar-refractivity contribution is -0.894. The van der Waals surface area contributed by atoms with E-state index in [0.29, 0.717) is 37.9 Å². The maximum atomic E-state index is 13.2. The van der Waals surface area contributed by atoms with Gasteiger partial charge in [-0.25, -0.2) is 4.57 Å². The number of quaternary nitrogens is 3. The van der Waals surface area contributed by atoms with Crippen LogP contribution in [-0.2, 0) is 18.1 Å². The van der Waals surface area contributed by atoms with E-state index in [1.165, 1.54) is 0 Å². The summed E-state index contributed by atoms with van der Waals surface area (Å²) in [5, 5.41) is 0. The lowest BCUT2D eigenvalue weighted by atomic mass is 10.2. The average molecular weight is 441 g/mol. The van der Waals surface area contributed by atoms with Gasteiger partial charge in [0.1, 0.15) is 0 Å². The monoisotopic (exact) mass is 440 g/mol. The van der Waals surface area contributed by atoms with Crippen LogP contribution in [0.25, 0.3) is 0 Å². The molecule has 29 heavy (non-hydrogen) atoms. The summed E-state index contributed by atoms with van der Waals surface area (Å²) in [6, 6.07) is 1.17. The first-order valence-electron chi connectivity index (χ1n) is 10.9. The molecule has 7 nitrogen and oxygen atoms in total. The van der Waals surface area contributed by atoms with Gasteiger partial charge in [-0.15, -0.1) is 0 Å². The molecule has 0 N–H and O–H groups in total. The summed E-state index contributed by atoms with van der Waals surface area (Å²) in [5.41, 5.74) is 0. The molecule has 3 unspecified atom stereocenters. The van der Waals surface area contributed by atoms with Crippen molar-refractivity contribution < 1.29 is 31.6 Å². The summed E-state index contributed by atoms with van der Waals surface area (Å²) in [6.07, 6.45) is 2.39. The van der Waals surface area contributed by atoms with E-state index in [1.807, 2.05) is 0 Å². The summed E-state index contributed by atoms with van der Waals surface area (Å²) in [6.45, 7) is 7.60. The van der Waals surface area contributed by atoms with E-state index in [0.717, 1.165) is 32.7 Å². The highest BCUT2D eigenvalue weighted by Crippen LogP contribution is 2.50. The highest BCUT2D eigenvalue weighted by atomic mass is 31.2. The summed E-state index contributed by atoms with van der Waals surface area (Å²) < 4.78 is 32.9. The van der Waals surface area contributed by atoms with Crippen molar-refractivity contribution in [1.29, 1.82) is 0 Å². The van der Waals surface area contributed by atoms with Gasteiger partial charge in [0.15, 0.2) is 0 Å². The van der Waals surface area contributed by atoms with Crippen LogP contribution in [0.5, 0.6) is 0 Å². The van der Waals surface area contributed by atoms with Gasteiger partial charge in [0, 0.05) is 19.3 Å². The smallest absolute Gasteiger partial charge is 0.329 e. The predicted octanol–water partition coefficient (Wildman–Crippen LogP) is 3.60. The Balaban J connectivity index is 4.82. The first kappa shape index (κ1) is 29.0. The maximum Gasteiger partial charge on any atom is 0.474 e. The van der Waals surface area contributed by atoms with Crippen LogP contribution in [0.3, 0.4) is 0 Å². The number of phosphoric ester groups is 1. The third-order valence-corrected chi connectivity index (χ3v) is 7.82. The number of hydrogen-bond acceptors (Lipinski definition) is 4. The summed E-state index contributed by atoms with van der Waals surface area (Å²) in [4.78, 5) is 0. The maximum absolute atomic E-state index is 13.2. The third-order valence-electron chi connectivity index (χ3n) is 6.32. The van der Waals surface area contributed by atoms with Gasteiger partial charge >= 0.3 is 7.82 Å². The summed E-state index contributed by atoms with van der Waals surface area (Å²) >= 11 is 0. The molecular formula is C21H51N3O4P+3. The Bertz CT molecular complexity index is 438. The predicted molar refractivity (Wildman–Crippen MR) is 122 cm³/mol. The second-order valence-electron chi connectivity index (χ2n) is 11.2. The molecule has 0 spiro atoms. The molecule has 176 valence electrons. The second kappa shape index (κ2) is 11.6. The molecule has 0 amide bonds. The minimum absolute atomic E-state index is 0.365. The van der Waals surface area contributed by atoms with Gasteiger partial charge in [-0.05, 0) is 20.8 Å². The normalized spacial score (nSPS) is 18.9. The van der Waals surface area contributed by atoms with Crippen LogP contribution < -0.4 is 0 Å². The summed E-state index contributed by atoms with van der Waals surface area (Å²) in [7, 11) is 15.8. The van der Waals surface area contributed by atoms with Gasteiger partial charge in [0.2, 0.25) is 0 Å². The van der Waals surface area contributed by atoms with E-state index in [1.54, 1.807) is 0 Å². The van der Waals surface area contributed by atoms with E-state index < -0.39 is 7.82 Å². The molecule has 0 bridgehead atoms. The SMILES string of the molecule is CC(CCOP(=O)(OCCC(C)[N+](C)(C)C)OCCC(C)[N+](C)(C)C)[N+](C)(C)C. The van der Waals surface area contributed by atoms with Crippen molar-refractivity contribution in [1.82, 2.24) is 0 Å². The van der Waals surface area contributed by atoms with Crippen LogP contribution in [0.4, 0.5) is 0 Å². The van der Waals surface area contributed by atoms with Crippen molar-refractivity contribution in [2.75, 3.05) is 83.2 Å². The summed E-state index contributed by atoms with van der Waals surface area (Å²) in [5.74, 6) is 0. The standard InChI is InChI=1S/C21H51N3O4P/c1-19(22(4,5)6)13-16-26-29(25,27-17-14-20(2)23(7,8)9)28-18-15-21(3)24(10,11)12/h19-21H,13-18H2,1-12H3/q+3. The largest absolute Gasteiger partial charge is 0.474 e. The number of hydrogen-bond donors (Lipinski definition) is 0. The first-order chi connectivity index (χ1) is 12.9. The fraction of sp³-hybridized carbons (Fsp3) is 1.00. The van der Waals surface area contributed by atoms with Crippen molar-refractivity contribution in [3.8, 4) is 0 Å². The fourth-order valence-electron chi connectivity index (χ4n) is 2.28. The molecule has 0 aromatic carbocycles. The molecule has 0 aromatic rings. The van der Waals surface area contributed by atoms with Gasteiger partial charge < -0.3 is 13.4 Å². The Labute approximate surface area is 181 Å². The van der Waals surface area contributed by atoms with Crippen molar-refractivity contribution in [3.63, 3.8) is 0 Å². The third kappa shape index (κ3) is 12.4. The molecule has 0 heterocycles. The highest BCUT2D eigenvalue weighted by Gasteiger charge is 2.30. The fourth-order valence-corrected chi connectivity index (χ4v) is 3.49. The minimum Gasteiger partial charge on any atom is -0.329 e. The molecule has 0 fully saturated rings. The van der Waals surface area contributed by atoms with Crippen molar-refractivity contribution in [2.45, 2.75) is 58.2 Å². The quantitative estimate of drug-likeness (QED) is 0.288. The van der Waals surface area contributed by atoms with Gasteiger partial charge in [-0.3, -0.25) is 13.6 Å². The number of nitrogens with zero attached hydrogens (tertiary/aromatic N) is 3. The Morgan fingerprint density at radius 3 is 0.931 bits per heavy atom. The molecule has 0 aliphatic heterocycles. The van der Waals surface area contributed by atoms with Crippen LogP contribution in [-0.4, -0.2) is 115 Å². The molecule has 0 radical (unpaired) electrons. The molecule has 0 saturated carbocycles. The van der Waals surface area contributed by atoms with E-state index in [-0.39, 0.29) is 0 Å². The van der Waals surface area contributed by atoms with E-state index in [2.05, 4.69) is 84.2 Å². The Morgan fingerprint density at radius 2 is 0.759 bits per heavy atom. The topological polar surface area (TPSA) is 44.8 Å². The highest BCUT2D eigenvalue weighted by molar-refractivity contribution is 7.48. The van der Waals surface area contributed by atoms with Gasteiger partial charge in [-0.1, -0.05) is 0 Å². The molecule has 0 aliphatic carbocycles. The van der Waals surface area contributed by atoms with Crippen LogP contribution in [0.2, 0.25) is 0 Å². The van der Waals surface area contributed by atoms with Crippen molar-refractivity contribution >= 4 is 7.82 Å². The van der Waals surface area contributed by atoms with Gasteiger partial charge in [-0.2, -0.15) is 0 Å². The molecule has 0 saturated heterocycles. The average Bonchev–Trinajstić information content (AvgIpc) is 2.51. The van der Waals surface area contributed by atoms with E-state index in [4.69, 9.17) is 13.6 Å². The second-order valence-corrected chi connectivity index (χ2v) is 12.9. The number of rotatable bonds is 15. The van der Waals surface area contributed by atoms with Crippen molar-refractivity contribution in [2.24, 2.45) is 0 Å². The zero-order valence-electron chi connectivity index (χ0n) is 21.4. The van der Waals surface area contributed by atoms with E-state index >= 15 is 0 Å². The lowest BCUT2D eigenvalue weighted by Gasteiger charge is -2.33. The molecule has 0 aromatic heterocycles. The molecule has 0 rings (SSSR count). The Hall–Kier alpha value is -0.0100. The first-order valence-corrected chi connectivity index (χ1v) is 12.3. The lowest BCUT2D eigenvalue weighted by Crippen LogP contribution is -2.44. The van der Waals surface area contributed by atoms with Crippen molar-refractivity contribution in [3.05, 3.63) is 0 Å². The van der Waals surface area contributed by atoms with E-state index in [9.17, 15) is 4.57 Å². The Kier molecular flexibility index (Phi) is 11.6. The molecule has 8 heteroatoms. The van der Waals surface area contributed by atoms with Gasteiger partial charge in [0.05, 0.1) is 101 Å². The molecule has 0 aliphatic rings. The minimum atomic E-state index is -3.57. The van der Waals surface area contributed by atoms with Crippen LogP contribution in [0.15, 0.2) is 0 Å². The molecule has 3 atom stereocenters. The van der Waals surface area contributed by atoms with Crippen LogP contribution in [0, 0.1) is 0 Å². The zero-order valence-corrected chi connectivity index (χ0v) is 22.3. The van der Waals surface area contributed by atoms with Crippen LogP contribution >= 0.6 is 7.82 Å². The zero-order chi connectivity index (χ0) is 23.1. The number of phosphoric acid groups is 1. The molecular weight excluding hydrogens is 389 g/mol. The van der Waals surface area contributed by atoms with Gasteiger partial charge in [0.25, 0.3) is 0 Å². The Morgan fingerprint density at radius 1 is 0.552 bits per heavy atom.